The summed E-state index contributed by atoms with van der Waals surface area (Å²) in [6.45, 7) is 6.08. The molecule has 4 aromatic carbocycles. The number of nitrogens with one attached hydrogen (secondary N) is 3. The molecule has 3 amide bonds. The molecule has 3 atom stereocenters. The maximum atomic E-state index is 14.2. The van der Waals surface area contributed by atoms with E-state index in [1.54, 1.807) is 11.1 Å². The normalized spacial score (nSPS) is 16.3. The van der Waals surface area contributed by atoms with E-state index in [1.807, 2.05) is 124 Å². The molecule has 0 unspecified atom stereocenters. The maximum absolute atomic E-state index is 14.2. The molecule has 1 aliphatic rings. The first kappa shape index (κ1) is 38.8. The Morgan fingerprint density at radius 1 is 0.891 bits per heavy atom. The Morgan fingerprint density at radius 2 is 1.51 bits per heavy atom. The van der Waals surface area contributed by atoms with Crippen LogP contribution in [0.2, 0.25) is 0 Å². The number of amides is 3. The zero-order chi connectivity index (χ0) is 38.8. The van der Waals surface area contributed by atoms with Gasteiger partial charge in [-0.05, 0) is 61.9 Å². The van der Waals surface area contributed by atoms with E-state index in [0.29, 0.717) is 37.3 Å². The summed E-state index contributed by atoms with van der Waals surface area (Å²) in [5.74, 6) is -0.254. The van der Waals surface area contributed by atoms with E-state index in [-0.39, 0.29) is 12.7 Å². The van der Waals surface area contributed by atoms with Crippen LogP contribution in [0, 0.1) is 0 Å². The first-order chi connectivity index (χ1) is 26.6. The lowest BCUT2D eigenvalue weighted by Crippen LogP contribution is -2.49. The molecule has 1 aromatic heterocycles. The van der Waals surface area contributed by atoms with Crippen LogP contribution in [0.5, 0.6) is 0 Å². The van der Waals surface area contributed by atoms with Crippen LogP contribution in [-0.4, -0.2) is 71.0 Å². The van der Waals surface area contributed by atoms with Gasteiger partial charge in [-0.1, -0.05) is 109 Å². The van der Waals surface area contributed by atoms with Crippen molar-refractivity contribution >= 4 is 23.8 Å². The number of alkyl carbamates (subject to hydrolysis) is 1. The number of methoxy groups -OCH3 is 1. The van der Waals surface area contributed by atoms with Crippen molar-refractivity contribution in [1.29, 1.82) is 0 Å². The summed E-state index contributed by atoms with van der Waals surface area (Å²) in [5.41, 5.74) is 4.63. The van der Waals surface area contributed by atoms with Gasteiger partial charge in [-0.2, -0.15) is 0 Å². The Labute approximate surface area is 322 Å². The van der Waals surface area contributed by atoms with Crippen molar-refractivity contribution in [2.45, 2.75) is 69.7 Å². The molecule has 0 spiro atoms. The second kappa shape index (κ2) is 17.9. The number of carbonyl (C=O) groups is 3. The molecule has 5 aromatic rings. The molecule has 11 nitrogen and oxygen atoms in total. The number of H-pyrrole nitrogens is 1. The summed E-state index contributed by atoms with van der Waals surface area (Å²) in [4.78, 5) is 50.3. The van der Waals surface area contributed by atoms with Gasteiger partial charge >= 0.3 is 12.2 Å². The highest BCUT2D eigenvalue weighted by Gasteiger charge is 2.38. The van der Waals surface area contributed by atoms with E-state index >= 15 is 0 Å². The van der Waals surface area contributed by atoms with Crippen molar-refractivity contribution in [3.05, 3.63) is 155 Å². The van der Waals surface area contributed by atoms with E-state index in [0.717, 1.165) is 27.9 Å². The fourth-order valence-corrected chi connectivity index (χ4v) is 6.86. The standard InChI is InChI=1S/C44H49N5O6/c1-44(2,3)55-43(52)49-28-35(54-29-37(49)40-45-27-34(46-40)26-30-16-8-5-9-17-30)25-24-31-18-14-15-23-36(31)47-41(50)39(48-42(51)53-4)38(32-19-10-6-11-20-32)33-21-12-7-13-22-33/h5-23,27,35,37-39H,24-26,28-29H2,1-4H3,(H,45,46)(H,47,50)(H,48,51)/t35-,37+,39+/m1/s1. The molecule has 286 valence electrons. The number of aryl methyl sites for hydroxylation is 1. The molecule has 2 heterocycles. The molecule has 3 N–H and O–H groups in total. The van der Waals surface area contributed by atoms with E-state index < -0.39 is 41.7 Å². The van der Waals surface area contributed by atoms with Crippen LogP contribution in [0.1, 0.15) is 72.9 Å². The number of hydrogen-bond acceptors (Lipinski definition) is 7. The predicted octanol–water partition coefficient (Wildman–Crippen LogP) is 7.81. The first-order valence-corrected chi connectivity index (χ1v) is 18.6. The summed E-state index contributed by atoms with van der Waals surface area (Å²) >= 11 is 0. The van der Waals surface area contributed by atoms with Gasteiger partial charge in [0.15, 0.2) is 0 Å². The molecule has 1 saturated heterocycles. The maximum Gasteiger partial charge on any atom is 0.411 e. The smallest absolute Gasteiger partial charge is 0.411 e. The van der Waals surface area contributed by atoms with Gasteiger partial charge in [0.2, 0.25) is 5.91 Å². The van der Waals surface area contributed by atoms with Crippen LogP contribution < -0.4 is 10.6 Å². The van der Waals surface area contributed by atoms with Gasteiger partial charge in [0.25, 0.3) is 0 Å². The molecular weight excluding hydrogens is 695 g/mol. The van der Waals surface area contributed by atoms with Crippen molar-refractivity contribution in [3.8, 4) is 0 Å². The second-order valence-corrected chi connectivity index (χ2v) is 14.7. The Balaban J connectivity index is 1.18. The summed E-state index contributed by atoms with van der Waals surface area (Å²) in [6, 6.07) is 35.5. The monoisotopic (exact) mass is 743 g/mol. The summed E-state index contributed by atoms with van der Waals surface area (Å²) < 4.78 is 17.2. The zero-order valence-electron chi connectivity index (χ0n) is 31.7. The molecule has 0 saturated carbocycles. The van der Waals surface area contributed by atoms with Crippen LogP contribution in [0.4, 0.5) is 15.3 Å². The average molecular weight is 744 g/mol. The molecule has 6 rings (SSSR count). The lowest BCUT2D eigenvalue weighted by Gasteiger charge is -2.39. The number of benzene rings is 4. The Kier molecular flexibility index (Phi) is 12.6. The van der Waals surface area contributed by atoms with Crippen LogP contribution in [-0.2, 0) is 31.8 Å². The zero-order valence-corrected chi connectivity index (χ0v) is 31.7. The van der Waals surface area contributed by atoms with Gasteiger partial charge in [0.1, 0.15) is 23.5 Å². The molecule has 55 heavy (non-hydrogen) atoms. The number of aromatic amines is 1. The fourth-order valence-electron chi connectivity index (χ4n) is 6.86. The van der Waals surface area contributed by atoms with Crippen molar-refractivity contribution in [1.82, 2.24) is 20.2 Å². The first-order valence-electron chi connectivity index (χ1n) is 18.6. The van der Waals surface area contributed by atoms with Gasteiger partial charge in [0, 0.05) is 29.9 Å². The molecular formula is C44H49N5O6. The quantitative estimate of drug-likeness (QED) is 0.119. The summed E-state index contributed by atoms with van der Waals surface area (Å²) in [5, 5.41) is 5.90. The SMILES string of the molecule is COC(=O)N[C@H](C(=O)Nc1ccccc1CC[C@@H]1CN(C(=O)OC(C)(C)C)[C@H](c2ncc(Cc3ccccc3)[nH]2)CO1)C(c1ccccc1)c1ccccc1. The van der Waals surface area contributed by atoms with Crippen LogP contribution >= 0.6 is 0 Å². The minimum atomic E-state index is -0.999. The molecule has 0 bridgehead atoms. The van der Waals surface area contributed by atoms with Crippen molar-refractivity contribution < 1.29 is 28.6 Å². The van der Waals surface area contributed by atoms with E-state index in [1.165, 1.54) is 7.11 Å². The van der Waals surface area contributed by atoms with Gasteiger partial charge in [-0.3, -0.25) is 9.69 Å². The van der Waals surface area contributed by atoms with Crippen LogP contribution in [0.15, 0.2) is 121 Å². The number of nitrogens with zero attached hydrogens (tertiary/aromatic N) is 2. The number of imidazole rings is 1. The Hall–Kier alpha value is -5.94. The van der Waals surface area contributed by atoms with Crippen LogP contribution in [0.25, 0.3) is 0 Å². The minimum absolute atomic E-state index is 0.238. The number of carbonyl (C=O) groups excluding carboxylic acids is 3. The number of ether oxygens (including phenoxy) is 3. The number of anilines is 1. The molecule has 0 aliphatic carbocycles. The largest absolute Gasteiger partial charge is 0.453 e. The number of aromatic nitrogens is 2. The molecule has 1 fully saturated rings. The number of para-hydroxylation sites is 1. The average Bonchev–Trinajstić information content (AvgIpc) is 3.65. The minimum Gasteiger partial charge on any atom is -0.453 e. The van der Waals surface area contributed by atoms with E-state index in [9.17, 15) is 14.4 Å². The van der Waals surface area contributed by atoms with Gasteiger partial charge in [-0.15, -0.1) is 0 Å². The van der Waals surface area contributed by atoms with Crippen molar-refractivity contribution in [2.24, 2.45) is 0 Å². The highest BCUT2D eigenvalue weighted by atomic mass is 16.6. The number of morpholine rings is 1. The van der Waals surface area contributed by atoms with E-state index in [2.05, 4.69) is 32.7 Å². The lowest BCUT2D eigenvalue weighted by atomic mass is 9.84. The number of hydrogen-bond donors (Lipinski definition) is 3. The topological polar surface area (TPSA) is 135 Å². The van der Waals surface area contributed by atoms with E-state index in [4.69, 9.17) is 14.2 Å². The second-order valence-electron chi connectivity index (χ2n) is 14.7. The summed E-state index contributed by atoms with van der Waals surface area (Å²) in [6.07, 6.45) is 2.15. The summed E-state index contributed by atoms with van der Waals surface area (Å²) in [7, 11) is 1.27. The third kappa shape index (κ3) is 10.4. The Morgan fingerprint density at radius 3 is 2.15 bits per heavy atom. The third-order valence-electron chi connectivity index (χ3n) is 9.50. The highest BCUT2D eigenvalue weighted by Crippen LogP contribution is 2.31. The van der Waals surface area contributed by atoms with Crippen LogP contribution in [0.3, 0.4) is 0 Å². The number of rotatable bonds is 12. The van der Waals surface area contributed by atoms with Gasteiger partial charge in [-0.25, -0.2) is 14.6 Å². The van der Waals surface area contributed by atoms with Crippen molar-refractivity contribution in [3.63, 3.8) is 0 Å². The lowest BCUT2D eigenvalue weighted by molar-refractivity contribution is -0.118. The highest BCUT2D eigenvalue weighted by molar-refractivity contribution is 5.98. The predicted molar refractivity (Wildman–Crippen MR) is 211 cm³/mol. The fraction of sp³-hybridized carbons (Fsp3) is 0.318. The molecule has 11 heteroatoms. The van der Waals surface area contributed by atoms with Gasteiger partial charge < -0.3 is 29.8 Å². The van der Waals surface area contributed by atoms with Gasteiger partial charge in [0.05, 0.1) is 26.4 Å². The van der Waals surface area contributed by atoms with Crippen molar-refractivity contribution in [2.75, 3.05) is 25.6 Å². The molecule has 1 aliphatic heterocycles. The third-order valence-corrected chi connectivity index (χ3v) is 9.50. The molecule has 0 radical (unpaired) electrons. The Bertz CT molecular complexity index is 1980.